The van der Waals surface area contributed by atoms with Crippen LogP contribution in [0.3, 0.4) is 0 Å². The van der Waals surface area contributed by atoms with Crippen molar-refractivity contribution in [3.05, 3.63) is 54.6 Å². The van der Waals surface area contributed by atoms with E-state index in [4.69, 9.17) is 0 Å². The maximum Gasteiger partial charge on any atom is 0.234 e. The van der Waals surface area contributed by atoms with Crippen LogP contribution in [0.5, 0.6) is 0 Å². The van der Waals surface area contributed by atoms with Gasteiger partial charge in [0.1, 0.15) is 5.82 Å². The zero-order chi connectivity index (χ0) is 20.1. The van der Waals surface area contributed by atoms with E-state index in [0.717, 1.165) is 29.4 Å². The molecule has 1 aliphatic carbocycles. The summed E-state index contributed by atoms with van der Waals surface area (Å²) in [5.74, 6) is 0.505. The fourth-order valence-electron chi connectivity index (χ4n) is 3.60. The van der Waals surface area contributed by atoms with Crippen molar-refractivity contribution in [1.82, 2.24) is 19.7 Å². The molecule has 1 fully saturated rings. The number of carbonyl (C=O) groups is 1. The highest BCUT2D eigenvalue weighted by molar-refractivity contribution is 7.99. The van der Waals surface area contributed by atoms with Crippen molar-refractivity contribution in [3.8, 4) is 11.4 Å². The highest BCUT2D eigenvalue weighted by Gasteiger charge is 2.24. The van der Waals surface area contributed by atoms with E-state index in [1.54, 1.807) is 24.5 Å². The molecule has 6 nitrogen and oxygen atoms in total. The van der Waals surface area contributed by atoms with Gasteiger partial charge in [0.05, 0.1) is 5.75 Å². The van der Waals surface area contributed by atoms with Crippen LogP contribution in [0.1, 0.15) is 38.1 Å². The largest absolute Gasteiger partial charge is 0.325 e. The Balaban J connectivity index is 1.51. The van der Waals surface area contributed by atoms with Crippen molar-refractivity contribution in [2.45, 2.75) is 43.3 Å². The van der Waals surface area contributed by atoms with Gasteiger partial charge in [0.2, 0.25) is 5.91 Å². The molecular weight excluding hydrogens is 389 g/mol. The molecule has 2 aromatic heterocycles. The van der Waals surface area contributed by atoms with Gasteiger partial charge < -0.3 is 5.32 Å². The van der Waals surface area contributed by atoms with Gasteiger partial charge in [0.15, 0.2) is 11.0 Å². The van der Waals surface area contributed by atoms with Crippen molar-refractivity contribution >= 4 is 23.4 Å². The molecule has 0 spiro atoms. The molecule has 8 heteroatoms. The predicted molar refractivity (Wildman–Crippen MR) is 111 cm³/mol. The average molecular weight is 412 g/mol. The van der Waals surface area contributed by atoms with Crippen LogP contribution in [0.4, 0.5) is 10.1 Å². The van der Waals surface area contributed by atoms with E-state index in [0.29, 0.717) is 11.7 Å². The van der Waals surface area contributed by atoms with Gasteiger partial charge in [-0.2, -0.15) is 0 Å². The van der Waals surface area contributed by atoms with Gasteiger partial charge in [-0.3, -0.25) is 14.3 Å². The molecule has 0 atom stereocenters. The maximum atomic E-state index is 13.0. The summed E-state index contributed by atoms with van der Waals surface area (Å²) >= 11 is 1.37. The van der Waals surface area contributed by atoms with Gasteiger partial charge in [-0.05, 0) is 49.2 Å². The molecule has 3 aromatic rings. The summed E-state index contributed by atoms with van der Waals surface area (Å²) in [5, 5.41) is 12.3. The first-order valence-electron chi connectivity index (χ1n) is 9.74. The third-order valence-electron chi connectivity index (χ3n) is 4.98. The first-order chi connectivity index (χ1) is 14.2. The first kappa shape index (κ1) is 19.6. The lowest BCUT2D eigenvalue weighted by molar-refractivity contribution is -0.113. The molecule has 2 heterocycles. The van der Waals surface area contributed by atoms with Gasteiger partial charge in [-0.25, -0.2) is 4.39 Å². The Morgan fingerprint density at radius 2 is 1.93 bits per heavy atom. The number of nitrogens with zero attached hydrogens (tertiary/aromatic N) is 4. The van der Waals surface area contributed by atoms with Gasteiger partial charge >= 0.3 is 0 Å². The smallest absolute Gasteiger partial charge is 0.234 e. The Kier molecular flexibility index (Phi) is 6.19. The standard InChI is InChI=1S/C21H22FN5OS/c22-16-8-10-17(11-9-16)24-19(28)14-29-21-26-25-20(15-5-4-12-23-13-15)27(21)18-6-2-1-3-7-18/h4-5,8-13,18H,1-3,6-7,14H2,(H,24,28). The van der Waals surface area contributed by atoms with Crippen LogP contribution >= 0.6 is 11.8 Å². The molecule has 0 aliphatic heterocycles. The number of anilines is 1. The molecule has 1 N–H and O–H groups in total. The maximum absolute atomic E-state index is 13.0. The highest BCUT2D eigenvalue weighted by atomic mass is 32.2. The number of aromatic nitrogens is 4. The number of benzene rings is 1. The predicted octanol–water partition coefficient (Wildman–Crippen LogP) is 4.72. The number of hydrogen-bond donors (Lipinski definition) is 1. The molecule has 4 rings (SSSR count). The third kappa shape index (κ3) is 4.82. The fraction of sp³-hybridized carbons (Fsp3) is 0.333. The fourth-order valence-corrected chi connectivity index (χ4v) is 4.40. The number of nitrogens with one attached hydrogen (secondary N) is 1. The molecule has 29 heavy (non-hydrogen) atoms. The molecule has 0 bridgehead atoms. The number of halogens is 1. The Hall–Kier alpha value is -2.74. The van der Waals surface area contributed by atoms with Crippen LogP contribution in [0.25, 0.3) is 11.4 Å². The number of hydrogen-bond acceptors (Lipinski definition) is 5. The van der Waals surface area contributed by atoms with E-state index in [-0.39, 0.29) is 17.5 Å². The highest BCUT2D eigenvalue weighted by Crippen LogP contribution is 2.35. The summed E-state index contributed by atoms with van der Waals surface area (Å²) in [4.78, 5) is 16.5. The topological polar surface area (TPSA) is 72.7 Å². The van der Waals surface area contributed by atoms with Crippen molar-refractivity contribution in [2.75, 3.05) is 11.1 Å². The van der Waals surface area contributed by atoms with Gasteiger partial charge in [-0.1, -0.05) is 31.0 Å². The van der Waals surface area contributed by atoms with E-state index < -0.39 is 0 Å². The SMILES string of the molecule is O=C(CSc1nnc(-c2cccnc2)n1C1CCCCC1)Nc1ccc(F)cc1. The number of amides is 1. The van der Waals surface area contributed by atoms with Crippen LogP contribution in [-0.4, -0.2) is 31.4 Å². The summed E-state index contributed by atoms with van der Waals surface area (Å²) in [5.41, 5.74) is 1.50. The van der Waals surface area contributed by atoms with E-state index in [1.165, 1.54) is 43.2 Å². The quantitative estimate of drug-likeness (QED) is 0.595. The minimum atomic E-state index is -0.333. The number of rotatable bonds is 6. The van der Waals surface area contributed by atoms with Crippen molar-refractivity contribution in [1.29, 1.82) is 0 Å². The first-order valence-corrected chi connectivity index (χ1v) is 10.7. The molecule has 150 valence electrons. The van der Waals surface area contributed by atoms with E-state index in [1.807, 2.05) is 12.1 Å². The molecule has 0 radical (unpaired) electrons. The molecule has 0 unspecified atom stereocenters. The summed E-state index contributed by atoms with van der Waals surface area (Å²) in [6.07, 6.45) is 9.32. The zero-order valence-corrected chi connectivity index (χ0v) is 16.7. The van der Waals surface area contributed by atoms with Crippen molar-refractivity contribution in [3.63, 3.8) is 0 Å². The number of carbonyl (C=O) groups excluding carboxylic acids is 1. The van der Waals surface area contributed by atoms with E-state index in [9.17, 15) is 9.18 Å². The second-order valence-electron chi connectivity index (χ2n) is 7.05. The normalized spacial score (nSPS) is 14.7. The van der Waals surface area contributed by atoms with Crippen LogP contribution in [-0.2, 0) is 4.79 Å². The summed E-state index contributed by atoms with van der Waals surface area (Å²) in [6, 6.07) is 9.93. The molecule has 1 amide bonds. The Morgan fingerprint density at radius 3 is 2.66 bits per heavy atom. The van der Waals surface area contributed by atoms with Crippen molar-refractivity contribution < 1.29 is 9.18 Å². The van der Waals surface area contributed by atoms with Crippen LogP contribution < -0.4 is 5.32 Å². The van der Waals surface area contributed by atoms with Crippen LogP contribution in [0.15, 0.2) is 53.9 Å². The van der Waals surface area contributed by atoms with Gasteiger partial charge in [0.25, 0.3) is 0 Å². The van der Waals surface area contributed by atoms with Gasteiger partial charge in [-0.15, -0.1) is 10.2 Å². The lowest BCUT2D eigenvalue weighted by Crippen LogP contribution is -2.17. The lowest BCUT2D eigenvalue weighted by Gasteiger charge is -2.25. The Labute approximate surface area is 173 Å². The number of pyridine rings is 1. The van der Waals surface area contributed by atoms with E-state index >= 15 is 0 Å². The molecule has 1 aliphatic rings. The van der Waals surface area contributed by atoms with Crippen molar-refractivity contribution in [2.24, 2.45) is 0 Å². The molecule has 0 saturated heterocycles. The van der Waals surface area contributed by atoms with Crippen LogP contribution in [0.2, 0.25) is 0 Å². The minimum Gasteiger partial charge on any atom is -0.325 e. The minimum absolute atomic E-state index is 0.164. The zero-order valence-electron chi connectivity index (χ0n) is 15.9. The summed E-state index contributed by atoms with van der Waals surface area (Å²) in [6.45, 7) is 0. The second-order valence-corrected chi connectivity index (χ2v) is 8.00. The van der Waals surface area contributed by atoms with Gasteiger partial charge in [0, 0.05) is 29.7 Å². The lowest BCUT2D eigenvalue weighted by atomic mass is 9.95. The molecule has 1 saturated carbocycles. The Bertz CT molecular complexity index is 955. The molecule has 1 aromatic carbocycles. The summed E-state index contributed by atoms with van der Waals surface area (Å²) < 4.78 is 15.2. The average Bonchev–Trinajstić information content (AvgIpc) is 3.19. The summed E-state index contributed by atoms with van der Waals surface area (Å²) in [7, 11) is 0. The molecular formula is C21H22FN5OS. The third-order valence-corrected chi connectivity index (χ3v) is 5.93. The van der Waals surface area contributed by atoms with E-state index in [2.05, 4.69) is 25.1 Å². The second kappa shape index (κ2) is 9.17. The number of thioether (sulfide) groups is 1. The monoisotopic (exact) mass is 411 g/mol. The van der Waals surface area contributed by atoms with Crippen LogP contribution in [0, 0.1) is 5.82 Å². The Morgan fingerprint density at radius 1 is 1.14 bits per heavy atom.